The first-order valence-electron chi connectivity index (χ1n) is 34.3. The summed E-state index contributed by atoms with van der Waals surface area (Å²) in [5.74, 6) is -15.0. The van der Waals surface area contributed by atoms with Crippen molar-refractivity contribution in [2.45, 2.75) is 74.3 Å². The zero-order chi connectivity index (χ0) is 78.2. The first-order chi connectivity index (χ1) is 53.3. The van der Waals surface area contributed by atoms with Crippen LogP contribution in [0.3, 0.4) is 0 Å². The molecule has 9 aromatic carbocycles. The number of alkyl carbamates (subject to hydrolysis) is 1. The Hall–Kier alpha value is -13.6. The fourth-order valence-electron chi connectivity index (χ4n) is 13.5. The fraction of sp³-hybridized carbons (Fsp3) is 0.190. The van der Waals surface area contributed by atoms with E-state index in [1.165, 1.54) is 66.7 Å². The molecule has 0 unspecified atom stereocenters. The second kappa shape index (κ2) is 30.9. The third kappa shape index (κ3) is 15.4. The third-order valence-electron chi connectivity index (χ3n) is 18.9. The van der Waals surface area contributed by atoms with Gasteiger partial charge in [0.2, 0.25) is 41.2 Å². The average Bonchev–Trinajstić information content (AvgIpc) is 1.39. The standard InChI is InChI=1S/C79H64Cl2N8O22/c1-106-78(104)66-49-33-44(91)34-55(94)61(49)48-27-38(14-17-53(48)92)62-72(98)87-67(75(101)86-66)68(95)40-16-20-57(51(81)28-40)111-60-31-42-30-59(69(60)107-22-8-7-21-89-76(102)46-11-5-6-12-47(46)77(89)103)110-56-19-13-37(23-50(56)80)24-52-70(96)83-64(73(99)85-65(42)74(100)84-62)41-25-43(90)32-45(26-41)109-58-29-39(15-18-54(58)93)63(71(97)82-52)88-79(105)108-35-36-9-3-2-4-10-36/h2-6,9-20,23,25-34,52,62-68,90-95H,7-8,21-22,24,35H2,1H3,(H,82,97)(H,83,96)(H,84,100)(H,85,99)(H,86,101)(H,87,98)(H,88,105)/t52-,62-,63-,64+,65-,66-,67+,68-/m1/s1. The summed E-state index contributed by atoms with van der Waals surface area (Å²) in [6, 6.07) is 23.1. The Balaban J connectivity index is 0.944. The van der Waals surface area contributed by atoms with E-state index in [2.05, 4.69) is 37.2 Å². The van der Waals surface area contributed by atoms with E-state index in [0.29, 0.717) is 5.56 Å². The molecule has 0 fully saturated rings. The average molecular weight is 1550 g/mol. The molecule has 0 spiro atoms. The summed E-state index contributed by atoms with van der Waals surface area (Å²) in [5.41, 5.74) is -1.00. The van der Waals surface area contributed by atoms with Crippen LogP contribution in [0.2, 0.25) is 10.0 Å². The number of benzene rings is 9. The molecule has 9 aromatic rings. The number of rotatable bonds is 10. The number of aliphatic hydroxyl groups is 1. The Morgan fingerprint density at radius 2 is 1.13 bits per heavy atom. The van der Waals surface area contributed by atoms with E-state index in [1.807, 2.05) is 0 Å². The van der Waals surface area contributed by atoms with Crippen molar-refractivity contribution in [2.75, 3.05) is 20.3 Å². The van der Waals surface area contributed by atoms with Gasteiger partial charge in [-0.1, -0.05) is 89.9 Å². The number of nitrogens with one attached hydrogen (secondary N) is 7. The minimum atomic E-state index is -2.24. The molecule has 8 atom stereocenters. The highest BCUT2D eigenvalue weighted by Gasteiger charge is 2.43. The van der Waals surface area contributed by atoms with Crippen molar-refractivity contribution in [3.05, 3.63) is 236 Å². The van der Waals surface area contributed by atoms with E-state index >= 15 is 28.8 Å². The van der Waals surface area contributed by atoms with Gasteiger partial charge in [-0.3, -0.25) is 43.3 Å². The zero-order valence-corrected chi connectivity index (χ0v) is 59.5. The van der Waals surface area contributed by atoms with Crippen LogP contribution in [0.5, 0.6) is 69.0 Å². The third-order valence-corrected chi connectivity index (χ3v) is 19.5. The number of halogens is 2. The molecule has 9 amide bonds. The zero-order valence-electron chi connectivity index (χ0n) is 57.9. The predicted octanol–water partition coefficient (Wildman–Crippen LogP) is 8.79. The van der Waals surface area contributed by atoms with E-state index in [-0.39, 0.29) is 133 Å². The molecule has 0 saturated heterocycles. The molecule has 30 nitrogen and oxygen atoms in total. The van der Waals surface area contributed by atoms with Gasteiger partial charge in [-0.25, -0.2) is 9.59 Å². The lowest BCUT2D eigenvalue weighted by atomic mass is 9.89. The number of hydrogen-bond acceptors (Lipinski definition) is 22. The van der Waals surface area contributed by atoms with Gasteiger partial charge < -0.3 is 96.3 Å². The number of carbonyl (C=O) groups is 10. The smallest absolute Gasteiger partial charge is 0.408 e. The van der Waals surface area contributed by atoms with Crippen LogP contribution >= 0.6 is 23.2 Å². The van der Waals surface area contributed by atoms with Crippen molar-refractivity contribution in [2.24, 2.45) is 0 Å². The highest BCUT2D eigenvalue weighted by Crippen LogP contribution is 2.49. The normalized spacial score (nSPS) is 20.0. The summed E-state index contributed by atoms with van der Waals surface area (Å²) in [6.07, 6.45) is -3.42. The van der Waals surface area contributed by atoms with Gasteiger partial charge in [0.1, 0.15) is 89.2 Å². The number of imide groups is 1. The van der Waals surface area contributed by atoms with E-state index in [1.54, 1.807) is 54.6 Å². The minimum Gasteiger partial charge on any atom is -0.508 e. The first kappa shape index (κ1) is 74.3. The maximum absolute atomic E-state index is 16.3. The number of carbonyl (C=O) groups excluding carboxylic acids is 10. The summed E-state index contributed by atoms with van der Waals surface area (Å²) in [7, 11) is 0.960. The van der Waals surface area contributed by atoms with Gasteiger partial charge in [0.25, 0.3) is 11.8 Å². The lowest BCUT2D eigenvalue weighted by molar-refractivity contribution is -0.146. The van der Waals surface area contributed by atoms with Gasteiger partial charge in [0.05, 0.1) is 34.9 Å². The van der Waals surface area contributed by atoms with E-state index < -0.39 is 154 Å². The maximum atomic E-state index is 16.3. The number of ether oxygens (including phenoxy) is 6. The second-order valence-corrected chi connectivity index (χ2v) is 27.1. The highest BCUT2D eigenvalue weighted by molar-refractivity contribution is 6.32. The molecule has 17 bridgehead atoms. The highest BCUT2D eigenvalue weighted by atomic mass is 35.5. The molecule has 566 valence electrons. The molecular formula is C79H64Cl2N8O22. The molecule has 32 heteroatoms. The van der Waals surface area contributed by atoms with Gasteiger partial charge >= 0.3 is 12.1 Å². The van der Waals surface area contributed by atoms with Crippen LogP contribution < -0.4 is 56.2 Å². The van der Waals surface area contributed by atoms with Crippen LogP contribution in [-0.2, 0) is 56.1 Å². The van der Waals surface area contributed by atoms with Crippen LogP contribution in [0.1, 0.15) is 114 Å². The van der Waals surface area contributed by atoms with Crippen LogP contribution in [0.4, 0.5) is 4.79 Å². The molecule has 0 radical (unpaired) electrons. The summed E-state index contributed by atoms with van der Waals surface area (Å²) < 4.78 is 36.8. The molecule has 7 aliphatic rings. The SMILES string of the molecule is COC(=O)[C@@H]1NC(=O)[C@H]2NC(=O)[C@H](NC(=O)[C@@H]3NC(=O)[C@H]4NC(=O)[C@@H](Cc5ccc(c(Cl)c5)Oc5cc3cc(c5OCCCCN3C(=O)c5ccccc5C3=O)Oc3ccc(cc3Cl)[C@H]2O)NC(=O)[C@H](NC(=O)OCc2ccccc2)c2ccc(O)c(c2)Oc2cc(O)cc4c2)c2ccc(O)c(c2)-c2c(O)cc(O)cc21. The molecule has 111 heavy (non-hydrogen) atoms. The van der Waals surface area contributed by atoms with Gasteiger partial charge in [-0.15, -0.1) is 0 Å². The topological polar surface area (TPSA) is 435 Å². The maximum Gasteiger partial charge on any atom is 0.408 e. The Kier molecular flexibility index (Phi) is 20.7. The van der Waals surface area contributed by atoms with Gasteiger partial charge in [0.15, 0.2) is 29.0 Å². The van der Waals surface area contributed by atoms with Crippen molar-refractivity contribution in [3.63, 3.8) is 0 Å². The van der Waals surface area contributed by atoms with Crippen molar-refractivity contribution in [3.8, 4) is 80.1 Å². The number of aromatic hydroxyl groups is 5. The number of unbranched alkanes of at least 4 members (excludes halogenated alkanes) is 1. The summed E-state index contributed by atoms with van der Waals surface area (Å²) in [6.45, 7) is -0.537. The largest absolute Gasteiger partial charge is 0.508 e. The number of methoxy groups -OCH3 is 1. The van der Waals surface area contributed by atoms with Gasteiger partial charge in [-0.05, 0) is 143 Å². The lowest BCUT2D eigenvalue weighted by Crippen LogP contribution is -2.55. The molecule has 0 aliphatic carbocycles. The minimum absolute atomic E-state index is 0.0259. The number of phenols is 5. The van der Waals surface area contributed by atoms with Crippen LogP contribution in [0, 0.1) is 0 Å². The number of fused-ring (bicyclic) bond motifs is 15. The first-order valence-corrected chi connectivity index (χ1v) is 35.1. The Morgan fingerprint density at radius 1 is 0.523 bits per heavy atom. The van der Waals surface area contributed by atoms with Gasteiger partial charge in [0, 0.05) is 41.8 Å². The number of hydrogen-bond donors (Lipinski definition) is 13. The number of amides is 9. The Morgan fingerprint density at radius 3 is 1.81 bits per heavy atom. The van der Waals surface area contributed by atoms with Crippen LogP contribution in [0.15, 0.2) is 170 Å². The number of phenolic OH excluding ortho intramolecular Hbond substituents is 5. The quantitative estimate of drug-likeness (QED) is 0.0345. The van der Waals surface area contributed by atoms with Gasteiger partial charge in [-0.2, -0.15) is 0 Å². The Labute approximate surface area is 638 Å². The monoisotopic (exact) mass is 1550 g/mol. The molecule has 16 rings (SSSR count). The molecule has 0 aromatic heterocycles. The molecule has 7 aliphatic heterocycles. The summed E-state index contributed by atoms with van der Waals surface area (Å²) in [5, 5.41) is 87.5. The number of nitrogens with zero attached hydrogens (tertiary/aromatic N) is 1. The van der Waals surface area contributed by atoms with E-state index in [0.717, 1.165) is 60.5 Å². The van der Waals surface area contributed by atoms with E-state index in [4.69, 9.17) is 51.6 Å². The molecule has 13 N–H and O–H groups in total. The summed E-state index contributed by atoms with van der Waals surface area (Å²) in [4.78, 5) is 150. The second-order valence-electron chi connectivity index (χ2n) is 26.3. The summed E-state index contributed by atoms with van der Waals surface area (Å²) >= 11 is 14.3. The van der Waals surface area contributed by atoms with Crippen molar-refractivity contribution in [1.82, 2.24) is 42.1 Å². The predicted molar refractivity (Wildman–Crippen MR) is 390 cm³/mol. The van der Waals surface area contributed by atoms with Crippen LogP contribution in [0.25, 0.3) is 11.1 Å². The molecular weight excluding hydrogens is 1480 g/mol. The van der Waals surface area contributed by atoms with Crippen molar-refractivity contribution >= 4 is 82.5 Å². The molecule has 0 saturated carbocycles. The fourth-order valence-corrected chi connectivity index (χ4v) is 13.9. The van der Waals surface area contributed by atoms with Crippen LogP contribution in [-0.4, -0.2) is 127 Å². The van der Waals surface area contributed by atoms with Crippen molar-refractivity contribution in [1.29, 1.82) is 0 Å². The van der Waals surface area contributed by atoms with E-state index in [9.17, 15) is 49.8 Å². The number of esters is 1. The Bertz CT molecular complexity index is 5320. The van der Waals surface area contributed by atoms with Crippen molar-refractivity contribution < 1.29 is 107 Å². The lowest BCUT2D eigenvalue weighted by Gasteiger charge is -2.31. The molecule has 7 heterocycles. The number of aliphatic hydroxyl groups excluding tert-OH is 1.